The summed E-state index contributed by atoms with van der Waals surface area (Å²) in [5, 5.41) is 0. The molecule has 0 nitrogen and oxygen atoms in total. The van der Waals surface area contributed by atoms with Crippen LogP contribution in [0.25, 0.3) is 0 Å². The van der Waals surface area contributed by atoms with Crippen LogP contribution in [0, 0.1) is 19.7 Å². The van der Waals surface area contributed by atoms with E-state index < -0.39 is 11.7 Å². The molecule has 0 amide bonds. The van der Waals surface area contributed by atoms with Crippen molar-refractivity contribution in [3.8, 4) is 0 Å². The zero-order chi connectivity index (χ0) is 16.5. The largest absolute Gasteiger partial charge is 0.416 e. The van der Waals surface area contributed by atoms with Gasteiger partial charge in [-0.15, -0.1) is 0 Å². The second-order valence-electron chi connectivity index (χ2n) is 4.16. The summed E-state index contributed by atoms with van der Waals surface area (Å²) < 4.78 is 47.8. The third kappa shape index (κ3) is 8.12. The van der Waals surface area contributed by atoms with Crippen LogP contribution in [0.3, 0.4) is 0 Å². The van der Waals surface area contributed by atoms with Crippen LogP contribution in [-0.2, 0) is 6.18 Å². The summed E-state index contributed by atoms with van der Waals surface area (Å²) in [5.41, 5.74) is 1.33. The molecule has 0 aliphatic carbocycles. The van der Waals surface area contributed by atoms with Crippen molar-refractivity contribution in [3.63, 3.8) is 0 Å². The van der Waals surface area contributed by atoms with E-state index in [9.17, 15) is 17.6 Å². The van der Waals surface area contributed by atoms with E-state index in [-0.39, 0.29) is 5.82 Å². The van der Waals surface area contributed by atoms with Gasteiger partial charge in [0.05, 0.1) is 5.56 Å². The molecule has 2 aromatic rings. The minimum atomic E-state index is -4.21. The van der Waals surface area contributed by atoms with Gasteiger partial charge in [0.1, 0.15) is 5.82 Å². The number of hydrogen-bond donors (Lipinski definition) is 0. The first-order chi connectivity index (χ1) is 9.79. The minimum Gasteiger partial charge on any atom is -0.207 e. The highest BCUT2D eigenvalue weighted by atomic mass is 19.4. The lowest BCUT2D eigenvalue weighted by atomic mass is 10.1. The first-order valence-corrected chi connectivity index (χ1v) is 6.65. The molecule has 0 fully saturated rings. The molecule has 0 aromatic heterocycles. The van der Waals surface area contributed by atoms with Gasteiger partial charge >= 0.3 is 6.18 Å². The Morgan fingerprint density at radius 1 is 0.667 bits per heavy atom. The molecular formula is C17H20F4. The molecule has 0 aliphatic rings. The van der Waals surface area contributed by atoms with E-state index in [0.717, 1.165) is 23.3 Å². The summed E-state index contributed by atoms with van der Waals surface area (Å²) in [7, 11) is 0. The summed E-state index contributed by atoms with van der Waals surface area (Å²) in [6.07, 6.45) is -4.21. The maximum Gasteiger partial charge on any atom is 0.416 e. The van der Waals surface area contributed by atoms with Crippen LogP contribution in [0.2, 0.25) is 0 Å². The predicted octanol–water partition coefficient (Wildman–Crippen LogP) is 6.17. The Morgan fingerprint density at radius 2 is 1.00 bits per heavy atom. The van der Waals surface area contributed by atoms with Crippen LogP contribution >= 0.6 is 0 Å². The molecule has 0 aliphatic heterocycles. The molecule has 0 unspecified atom stereocenters. The second-order valence-corrected chi connectivity index (χ2v) is 4.16. The smallest absolute Gasteiger partial charge is 0.207 e. The van der Waals surface area contributed by atoms with Crippen LogP contribution in [0.4, 0.5) is 17.6 Å². The maximum absolute atomic E-state index is 12.1. The number of alkyl halides is 3. The van der Waals surface area contributed by atoms with Gasteiger partial charge in [0.15, 0.2) is 0 Å². The lowest BCUT2D eigenvalue weighted by Gasteiger charge is -2.05. The number of rotatable bonds is 0. The molecule has 0 N–H and O–H groups in total. The highest BCUT2D eigenvalue weighted by Gasteiger charge is 2.29. The van der Waals surface area contributed by atoms with Crippen molar-refractivity contribution in [1.29, 1.82) is 0 Å². The van der Waals surface area contributed by atoms with Gasteiger partial charge in [0, 0.05) is 0 Å². The molecule has 0 bridgehead atoms. The Morgan fingerprint density at radius 3 is 1.29 bits per heavy atom. The molecule has 2 rings (SSSR count). The topological polar surface area (TPSA) is 0 Å². The molecular weight excluding hydrogens is 280 g/mol. The van der Waals surface area contributed by atoms with E-state index in [1.807, 2.05) is 20.8 Å². The Labute approximate surface area is 123 Å². The van der Waals surface area contributed by atoms with Gasteiger partial charge in [-0.1, -0.05) is 49.2 Å². The van der Waals surface area contributed by atoms with Gasteiger partial charge in [-0.3, -0.25) is 0 Å². The van der Waals surface area contributed by atoms with Crippen LogP contribution in [0.1, 0.15) is 30.5 Å². The lowest BCUT2D eigenvalue weighted by molar-refractivity contribution is -0.137. The molecule has 4 heteroatoms. The fraction of sp³-hybridized carbons (Fsp3) is 0.294. The fourth-order valence-corrected chi connectivity index (χ4v) is 1.28. The summed E-state index contributed by atoms with van der Waals surface area (Å²) in [4.78, 5) is 0. The molecule has 0 saturated carbocycles. The second kappa shape index (κ2) is 9.16. The molecule has 0 spiro atoms. The van der Waals surface area contributed by atoms with Gasteiger partial charge in [-0.2, -0.15) is 13.2 Å². The standard InChI is InChI=1S/C8H7F3.C7H7F.C2H6/c1-6-2-4-7(5-3-6)8(9,10)11;1-6-2-4-7(8)5-3-6;1-2/h2-5H,1H3;2-5H,1H3;1-2H3. The maximum atomic E-state index is 12.1. The molecule has 0 saturated heterocycles. The minimum absolute atomic E-state index is 0.171. The molecule has 0 heterocycles. The van der Waals surface area contributed by atoms with Crippen molar-refractivity contribution < 1.29 is 17.6 Å². The third-order valence-corrected chi connectivity index (χ3v) is 2.39. The Kier molecular flexibility index (Phi) is 8.36. The third-order valence-electron chi connectivity index (χ3n) is 2.39. The van der Waals surface area contributed by atoms with Crippen molar-refractivity contribution in [2.24, 2.45) is 0 Å². The Balaban J connectivity index is 0.000000354. The van der Waals surface area contributed by atoms with Crippen molar-refractivity contribution in [3.05, 3.63) is 71.0 Å². The number of aryl methyl sites for hydroxylation is 2. The highest BCUT2D eigenvalue weighted by molar-refractivity contribution is 5.23. The fourth-order valence-electron chi connectivity index (χ4n) is 1.28. The molecule has 0 atom stereocenters. The molecule has 21 heavy (non-hydrogen) atoms. The monoisotopic (exact) mass is 300 g/mol. The van der Waals surface area contributed by atoms with E-state index in [0.29, 0.717) is 0 Å². The molecule has 0 radical (unpaired) electrons. The zero-order valence-electron chi connectivity index (χ0n) is 12.6. The number of hydrogen-bond acceptors (Lipinski definition) is 0. The summed E-state index contributed by atoms with van der Waals surface area (Å²) in [6.45, 7) is 7.68. The number of benzene rings is 2. The molecule has 2 aromatic carbocycles. The van der Waals surface area contributed by atoms with Gasteiger partial charge in [-0.25, -0.2) is 4.39 Å². The Bertz CT molecular complexity index is 475. The van der Waals surface area contributed by atoms with Gasteiger partial charge < -0.3 is 0 Å². The van der Waals surface area contributed by atoms with E-state index >= 15 is 0 Å². The number of halogens is 4. The normalized spacial score (nSPS) is 9.90. The van der Waals surface area contributed by atoms with Crippen molar-refractivity contribution in [1.82, 2.24) is 0 Å². The predicted molar refractivity (Wildman–Crippen MR) is 78.7 cm³/mol. The summed E-state index contributed by atoms with van der Waals surface area (Å²) in [5.74, 6) is -0.171. The summed E-state index contributed by atoms with van der Waals surface area (Å²) >= 11 is 0. The van der Waals surface area contributed by atoms with Gasteiger partial charge in [0.25, 0.3) is 0 Å². The van der Waals surface area contributed by atoms with Crippen molar-refractivity contribution >= 4 is 0 Å². The quantitative estimate of drug-likeness (QED) is 0.510. The average Bonchev–Trinajstić information content (AvgIpc) is 2.44. The van der Waals surface area contributed by atoms with Crippen molar-refractivity contribution in [2.75, 3.05) is 0 Å². The van der Waals surface area contributed by atoms with Gasteiger partial charge in [0.2, 0.25) is 0 Å². The van der Waals surface area contributed by atoms with Crippen LogP contribution < -0.4 is 0 Å². The average molecular weight is 300 g/mol. The van der Waals surface area contributed by atoms with Gasteiger partial charge in [-0.05, 0) is 38.1 Å². The highest BCUT2D eigenvalue weighted by Crippen LogP contribution is 2.28. The molecule has 116 valence electrons. The first kappa shape index (κ1) is 19.2. The van der Waals surface area contributed by atoms with E-state index in [1.54, 1.807) is 19.1 Å². The van der Waals surface area contributed by atoms with Crippen LogP contribution in [0.5, 0.6) is 0 Å². The lowest BCUT2D eigenvalue weighted by Crippen LogP contribution is -2.03. The van der Waals surface area contributed by atoms with E-state index in [1.165, 1.54) is 24.3 Å². The van der Waals surface area contributed by atoms with Crippen LogP contribution in [-0.4, -0.2) is 0 Å². The van der Waals surface area contributed by atoms with E-state index in [2.05, 4.69) is 0 Å². The van der Waals surface area contributed by atoms with Crippen molar-refractivity contribution in [2.45, 2.75) is 33.9 Å². The van der Waals surface area contributed by atoms with E-state index in [4.69, 9.17) is 0 Å². The SMILES string of the molecule is CC.Cc1ccc(C(F)(F)F)cc1.Cc1ccc(F)cc1. The Hall–Kier alpha value is -1.84. The van der Waals surface area contributed by atoms with Crippen LogP contribution in [0.15, 0.2) is 48.5 Å². The first-order valence-electron chi connectivity index (χ1n) is 6.65. The summed E-state index contributed by atoms with van der Waals surface area (Å²) in [6, 6.07) is 11.5. The zero-order valence-corrected chi connectivity index (χ0v) is 12.6.